The van der Waals surface area contributed by atoms with E-state index in [9.17, 15) is 17.6 Å². The molecular formula is C30H36F4N6S. The van der Waals surface area contributed by atoms with Gasteiger partial charge < -0.3 is 20.1 Å². The van der Waals surface area contributed by atoms with Gasteiger partial charge in [-0.2, -0.15) is 13.2 Å². The summed E-state index contributed by atoms with van der Waals surface area (Å²) < 4.78 is 57.1. The van der Waals surface area contributed by atoms with Gasteiger partial charge in [0, 0.05) is 39.6 Å². The highest BCUT2D eigenvalue weighted by molar-refractivity contribution is 7.13. The number of benzene rings is 1. The molecule has 1 fully saturated rings. The summed E-state index contributed by atoms with van der Waals surface area (Å²) in [6.45, 7) is 11.2. The van der Waals surface area contributed by atoms with Crippen LogP contribution in [0.3, 0.4) is 0 Å². The van der Waals surface area contributed by atoms with Gasteiger partial charge in [0.05, 0.1) is 36.1 Å². The molecule has 220 valence electrons. The number of piperidine rings is 1. The first-order chi connectivity index (χ1) is 19.3. The van der Waals surface area contributed by atoms with Crippen molar-refractivity contribution < 1.29 is 17.6 Å². The van der Waals surface area contributed by atoms with Gasteiger partial charge in [-0.05, 0) is 49.2 Å². The number of amidine groups is 1. The summed E-state index contributed by atoms with van der Waals surface area (Å²) in [4.78, 5) is 13.3. The minimum Gasteiger partial charge on any atom is -0.379 e. The quantitative estimate of drug-likeness (QED) is 0.296. The molecule has 0 amide bonds. The number of thiophene rings is 1. The zero-order valence-electron chi connectivity index (χ0n) is 23.8. The standard InChI is InChI=1S/C30H36F4N6S/c1-18(26-9-10-27(41-26)29(2,3)4)35-14-19-15-36-28(37-19)25-13-20-22(38-23-11-12-39(5)16-21(23)31)7-6-8-24(20)40(25)17-30(32,33)34/h6-10,13,21,23,35,38H,1,11-12,14-17H2,2-5H3. The molecule has 2 N–H and O–H groups in total. The number of aromatic nitrogens is 1. The zero-order chi connectivity index (χ0) is 29.5. The van der Waals surface area contributed by atoms with Crippen LogP contribution in [0.25, 0.3) is 16.6 Å². The lowest BCUT2D eigenvalue weighted by molar-refractivity contribution is -0.139. The molecule has 0 radical (unpaired) electrons. The number of anilines is 1. The van der Waals surface area contributed by atoms with Crippen molar-refractivity contribution in [2.45, 2.75) is 57.5 Å². The Kier molecular flexibility index (Phi) is 8.04. The molecule has 2 unspecified atom stereocenters. The molecule has 2 aliphatic rings. The van der Waals surface area contributed by atoms with Crippen LogP contribution in [0.15, 0.2) is 53.0 Å². The van der Waals surface area contributed by atoms with E-state index < -0.39 is 24.9 Å². The SMILES string of the molecule is C=C(NCC1=NC(c2cc3c(NC4CCN(C)CC4F)cccc3n2CC(F)(F)F)=NC1)c1ccc(C(C)(C)C)s1. The predicted molar refractivity (Wildman–Crippen MR) is 161 cm³/mol. The van der Waals surface area contributed by atoms with E-state index in [0.29, 0.717) is 41.8 Å². The Morgan fingerprint density at radius 3 is 2.63 bits per heavy atom. The molecule has 0 bridgehead atoms. The first-order valence-electron chi connectivity index (χ1n) is 13.7. The average Bonchev–Trinajstić information content (AvgIpc) is 3.63. The molecule has 4 heterocycles. The molecule has 2 atom stereocenters. The van der Waals surface area contributed by atoms with E-state index in [1.54, 1.807) is 35.6 Å². The van der Waals surface area contributed by atoms with Gasteiger partial charge in [-0.3, -0.25) is 4.99 Å². The summed E-state index contributed by atoms with van der Waals surface area (Å²) in [5, 5.41) is 7.15. The van der Waals surface area contributed by atoms with Gasteiger partial charge in [-0.1, -0.05) is 33.4 Å². The van der Waals surface area contributed by atoms with E-state index in [2.05, 4.69) is 54.0 Å². The topological polar surface area (TPSA) is 57.0 Å². The van der Waals surface area contributed by atoms with Gasteiger partial charge in [0.2, 0.25) is 0 Å². The fourth-order valence-corrected chi connectivity index (χ4v) is 6.19. The van der Waals surface area contributed by atoms with Gasteiger partial charge in [0.1, 0.15) is 12.7 Å². The number of nitrogens with one attached hydrogen (secondary N) is 2. The molecule has 1 saturated heterocycles. The van der Waals surface area contributed by atoms with E-state index in [1.807, 2.05) is 18.0 Å². The van der Waals surface area contributed by atoms with Crippen molar-refractivity contribution in [2.24, 2.45) is 9.98 Å². The van der Waals surface area contributed by atoms with Gasteiger partial charge in [0.15, 0.2) is 5.84 Å². The molecule has 2 aliphatic heterocycles. The first kappa shape index (κ1) is 29.3. The highest BCUT2D eigenvalue weighted by atomic mass is 32.1. The second kappa shape index (κ2) is 11.2. The monoisotopic (exact) mass is 588 g/mol. The van der Waals surface area contributed by atoms with Crippen molar-refractivity contribution in [3.63, 3.8) is 0 Å². The number of nitrogens with zero attached hydrogens (tertiary/aromatic N) is 4. The van der Waals surface area contributed by atoms with Crippen molar-refractivity contribution in [2.75, 3.05) is 38.5 Å². The number of halogens is 4. The van der Waals surface area contributed by atoms with E-state index in [4.69, 9.17) is 0 Å². The Morgan fingerprint density at radius 2 is 1.95 bits per heavy atom. The zero-order valence-corrected chi connectivity index (χ0v) is 24.6. The molecule has 6 nitrogen and oxygen atoms in total. The third-order valence-corrected chi connectivity index (χ3v) is 8.99. The largest absolute Gasteiger partial charge is 0.406 e. The van der Waals surface area contributed by atoms with Gasteiger partial charge in [-0.25, -0.2) is 9.38 Å². The Labute approximate surface area is 241 Å². The van der Waals surface area contributed by atoms with Gasteiger partial charge in [-0.15, -0.1) is 11.3 Å². The maximum Gasteiger partial charge on any atom is 0.406 e. The average molecular weight is 589 g/mol. The van der Waals surface area contributed by atoms with Crippen molar-refractivity contribution in [3.8, 4) is 0 Å². The van der Waals surface area contributed by atoms with Crippen LogP contribution >= 0.6 is 11.3 Å². The molecule has 1 aromatic carbocycles. The van der Waals surface area contributed by atoms with Crippen LogP contribution in [0.4, 0.5) is 23.2 Å². The van der Waals surface area contributed by atoms with E-state index in [0.717, 1.165) is 17.1 Å². The van der Waals surface area contributed by atoms with E-state index in [1.165, 1.54) is 9.44 Å². The number of likely N-dealkylation sites (tertiary alicyclic amines) is 1. The van der Waals surface area contributed by atoms with Crippen LogP contribution < -0.4 is 10.6 Å². The van der Waals surface area contributed by atoms with Crippen LogP contribution in [0, 0.1) is 0 Å². The number of fused-ring (bicyclic) bond motifs is 1. The van der Waals surface area contributed by atoms with Crippen molar-refractivity contribution in [1.82, 2.24) is 14.8 Å². The number of alkyl halides is 4. The molecule has 2 aromatic heterocycles. The molecule has 3 aromatic rings. The fourth-order valence-electron chi connectivity index (χ4n) is 5.18. The molecule has 41 heavy (non-hydrogen) atoms. The summed E-state index contributed by atoms with van der Waals surface area (Å²) in [5.41, 5.74) is 2.82. The highest BCUT2D eigenvalue weighted by Crippen LogP contribution is 2.33. The predicted octanol–water partition coefficient (Wildman–Crippen LogP) is 6.48. The summed E-state index contributed by atoms with van der Waals surface area (Å²) in [7, 11) is 1.88. The summed E-state index contributed by atoms with van der Waals surface area (Å²) >= 11 is 1.68. The second-order valence-electron chi connectivity index (χ2n) is 11.9. The Bertz CT molecular complexity index is 1490. The lowest BCUT2D eigenvalue weighted by atomic mass is 9.95. The van der Waals surface area contributed by atoms with Gasteiger partial charge in [0.25, 0.3) is 0 Å². The van der Waals surface area contributed by atoms with Crippen molar-refractivity contribution in [3.05, 3.63) is 58.4 Å². The van der Waals surface area contributed by atoms with Crippen LogP contribution in [0.5, 0.6) is 0 Å². The maximum absolute atomic E-state index is 14.8. The number of rotatable bonds is 8. The molecule has 0 spiro atoms. The van der Waals surface area contributed by atoms with E-state index >= 15 is 0 Å². The minimum absolute atomic E-state index is 0.0480. The summed E-state index contributed by atoms with van der Waals surface area (Å²) in [6.07, 6.45) is -4.92. The normalized spacial score (nSPS) is 20.3. The third kappa shape index (κ3) is 6.67. The number of hydrogen-bond donors (Lipinski definition) is 2. The lowest BCUT2D eigenvalue weighted by Crippen LogP contribution is -2.46. The van der Waals surface area contributed by atoms with Gasteiger partial charge >= 0.3 is 6.18 Å². The molecule has 0 aliphatic carbocycles. The minimum atomic E-state index is -4.44. The maximum atomic E-state index is 14.8. The summed E-state index contributed by atoms with van der Waals surface area (Å²) in [5.74, 6) is 0.257. The first-order valence-corrected chi connectivity index (χ1v) is 14.5. The molecule has 0 saturated carbocycles. The second-order valence-corrected chi connectivity index (χ2v) is 12.9. The lowest BCUT2D eigenvalue weighted by Gasteiger charge is -2.33. The third-order valence-electron chi connectivity index (χ3n) is 7.42. The van der Waals surface area contributed by atoms with Crippen LogP contribution in [-0.4, -0.2) is 72.6 Å². The van der Waals surface area contributed by atoms with Crippen molar-refractivity contribution in [1.29, 1.82) is 0 Å². The van der Waals surface area contributed by atoms with Crippen LogP contribution in [0.1, 0.15) is 42.6 Å². The Hall–Kier alpha value is -3.18. The summed E-state index contributed by atoms with van der Waals surface area (Å²) in [6, 6.07) is 10.5. The molecule has 11 heteroatoms. The Morgan fingerprint density at radius 1 is 1.17 bits per heavy atom. The van der Waals surface area contributed by atoms with Crippen LogP contribution in [0.2, 0.25) is 0 Å². The fraction of sp³-hybridized carbons (Fsp3) is 0.467. The van der Waals surface area contributed by atoms with E-state index in [-0.39, 0.29) is 23.5 Å². The number of hydrogen-bond acceptors (Lipinski definition) is 6. The smallest absolute Gasteiger partial charge is 0.379 e. The van der Waals surface area contributed by atoms with Crippen LogP contribution in [-0.2, 0) is 12.0 Å². The van der Waals surface area contributed by atoms with Crippen molar-refractivity contribution >= 4 is 45.2 Å². The highest BCUT2D eigenvalue weighted by Gasteiger charge is 2.32. The number of aliphatic imine (C=N–C) groups is 2. The molecular weight excluding hydrogens is 552 g/mol. The molecule has 5 rings (SSSR count). The Balaban J connectivity index is 1.38.